The second-order valence-electron chi connectivity index (χ2n) is 4.85. The predicted molar refractivity (Wildman–Crippen MR) is 96.7 cm³/mol. The van der Waals surface area contributed by atoms with Crippen LogP contribution in [0.25, 0.3) is 0 Å². The number of hydrogen-bond acceptors (Lipinski definition) is 8. The first kappa shape index (κ1) is 19.5. The number of nitrogens with zero attached hydrogens (tertiary/aromatic N) is 1. The summed E-state index contributed by atoms with van der Waals surface area (Å²) in [5.74, 6) is 0.216. The van der Waals surface area contributed by atoms with Gasteiger partial charge in [-0.2, -0.15) is 0 Å². The molecule has 140 valence electrons. The molecular formula is C17H20N2O6S. The molecule has 1 aromatic carbocycles. The number of hydrogen-bond donors (Lipinski definition) is 1. The molecule has 26 heavy (non-hydrogen) atoms. The van der Waals surface area contributed by atoms with Gasteiger partial charge in [-0.05, 0) is 13.8 Å². The molecule has 0 radical (unpaired) electrons. The Morgan fingerprint density at radius 1 is 1.08 bits per heavy atom. The van der Waals surface area contributed by atoms with Crippen molar-refractivity contribution < 1.29 is 28.5 Å². The minimum absolute atomic E-state index is 0.143. The van der Waals surface area contributed by atoms with Crippen LogP contribution in [-0.2, 0) is 4.74 Å². The number of ether oxygens (including phenoxy) is 4. The normalized spacial score (nSPS) is 10.2. The number of carbonyl (C=O) groups is 2. The second kappa shape index (κ2) is 9.04. The number of amides is 1. The second-order valence-corrected chi connectivity index (χ2v) is 5.71. The minimum Gasteiger partial charge on any atom is -0.493 e. The van der Waals surface area contributed by atoms with Crippen molar-refractivity contribution in [2.24, 2.45) is 0 Å². The highest BCUT2D eigenvalue weighted by Gasteiger charge is 2.20. The molecular weight excluding hydrogens is 360 g/mol. The number of methoxy groups -OCH3 is 2. The SMILES string of the molecule is CCOC(=O)c1csc(NC(=O)c2cc(OC)c(OC)cc2OCC)n1. The van der Waals surface area contributed by atoms with Crippen LogP contribution in [0.5, 0.6) is 17.2 Å². The maximum Gasteiger partial charge on any atom is 0.357 e. The van der Waals surface area contributed by atoms with E-state index in [0.29, 0.717) is 23.9 Å². The van der Waals surface area contributed by atoms with Gasteiger partial charge >= 0.3 is 5.97 Å². The Labute approximate surface area is 155 Å². The molecule has 8 nitrogen and oxygen atoms in total. The molecule has 2 aromatic rings. The number of anilines is 1. The highest BCUT2D eigenvalue weighted by molar-refractivity contribution is 7.14. The summed E-state index contributed by atoms with van der Waals surface area (Å²) in [6.07, 6.45) is 0. The zero-order chi connectivity index (χ0) is 19.1. The summed E-state index contributed by atoms with van der Waals surface area (Å²) in [6.45, 7) is 4.14. The smallest absolute Gasteiger partial charge is 0.357 e. The summed E-state index contributed by atoms with van der Waals surface area (Å²) >= 11 is 1.12. The summed E-state index contributed by atoms with van der Waals surface area (Å²) in [7, 11) is 2.98. The summed E-state index contributed by atoms with van der Waals surface area (Å²) in [5.41, 5.74) is 0.405. The third-order valence-corrected chi connectivity index (χ3v) is 4.00. The van der Waals surface area contributed by atoms with Crippen molar-refractivity contribution >= 4 is 28.3 Å². The average Bonchev–Trinajstić information content (AvgIpc) is 3.10. The standard InChI is InChI=1S/C17H20N2O6S/c1-5-24-12-8-14(23-4)13(22-3)7-10(12)15(20)19-17-18-11(9-26-17)16(21)25-6-2/h7-9H,5-6H2,1-4H3,(H,18,19,20). The molecule has 0 spiro atoms. The van der Waals surface area contributed by atoms with Gasteiger partial charge in [0.25, 0.3) is 5.91 Å². The zero-order valence-electron chi connectivity index (χ0n) is 15.0. The Bertz CT molecular complexity index is 790. The van der Waals surface area contributed by atoms with Crippen molar-refractivity contribution in [2.45, 2.75) is 13.8 Å². The molecule has 2 rings (SSSR count). The fourth-order valence-corrected chi connectivity index (χ4v) is 2.78. The molecule has 0 aliphatic rings. The molecule has 0 aliphatic carbocycles. The van der Waals surface area contributed by atoms with E-state index in [2.05, 4.69) is 10.3 Å². The third kappa shape index (κ3) is 4.42. The van der Waals surface area contributed by atoms with Gasteiger partial charge in [0.1, 0.15) is 5.75 Å². The molecule has 1 amide bonds. The largest absolute Gasteiger partial charge is 0.493 e. The van der Waals surface area contributed by atoms with Crippen molar-refractivity contribution in [1.82, 2.24) is 4.98 Å². The molecule has 0 bridgehead atoms. The van der Waals surface area contributed by atoms with Crippen molar-refractivity contribution in [1.29, 1.82) is 0 Å². The molecule has 1 N–H and O–H groups in total. The molecule has 0 saturated carbocycles. The van der Waals surface area contributed by atoms with E-state index >= 15 is 0 Å². The summed E-state index contributed by atoms with van der Waals surface area (Å²) in [5, 5.41) is 4.44. The van der Waals surface area contributed by atoms with Crippen LogP contribution in [0.2, 0.25) is 0 Å². The van der Waals surface area contributed by atoms with Gasteiger partial charge in [-0.1, -0.05) is 0 Å². The van der Waals surface area contributed by atoms with Crippen LogP contribution >= 0.6 is 11.3 Å². The van der Waals surface area contributed by atoms with Crippen molar-refractivity contribution in [3.8, 4) is 17.2 Å². The lowest BCUT2D eigenvalue weighted by molar-refractivity contribution is 0.0520. The molecule has 1 heterocycles. The van der Waals surface area contributed by atoms with E-state index in [4.69, 9.17) is 18.9 Å². The number of carbonyl (C=O) groups excluding carboxylic acids is 2. The number of rotatable bonds is 8. The van der Waals surface area contributed by atoms with Crippen LogP contribution in [0.4, 0.5) is 5.13 Å². The van der Waals surface area contributed by atoms with Crippen LogP contribution in [0.1, 0.15) is 34.7 Å². The quantitative estimate of drug-likeness (QED) is 0.703. The van der Waals surface area contributed by atoms with Gasteiger partial charge in [0.05, 0.1) is 33.0 Å². The highest BCUT2D eigenvalue weighted by atomic mass is 32.1. The van der Waals surface area contributed by atoms with Gasteiger partial charge in [-0.3, -0.25) is 10.1 Å². The minimum atomic E-state index is -0.537. The first-order chi connectivity index (χ1) is 12.5. The van der Waals surface area contributed by atoms with Crippen LogP contribution in [0, 0.1) is 0 Å². The van der Waals surface area contributed by atoms with E-state index in [1.54, 1.807) is 13.0 Å². The molecule has 0 saturated heterocycles. The summed E-state index contributed by atoms with van der Waals surface area (Å²) < 4.78 is 20.9. The predicted octanol–water partition coefficient (Wildman–Crippen LogP) is 2.99. The van der Waals surface area contributed by atoms with E-state index < -0.39 is 11.9 Å². The molecule has 0 fully saturated rings. The first-order valence-electron chi connectivity index (χ1n) is 7.86. The van der Waals surface area contributed by atoms with Gasteiger partial charge in [-0.25, -0.2) is 9.78 Å². The molecule has 1 aromatic heterocycles. The maximum atomic E-state index is 12.6. The van der Waals surface area contributed by atoms with Gasteiger partial charge in [-0.15, -0.1) is 11.3 Å². The van der Waals surface area contributed by atoms with Crippen molar-refractivity contribution in [3.63, 3.8) is 0 Å². The van der Waals surface area contributed by atoms with E-state index in [9.17, 15) is 9.59 Å². The van der Waals surface area contributed by atoms with Crippen molar-refractivity contribution in [2.75, 3.05) is 32.8 Å². The molecule has 0 aliphatic heterocycles. The van der Waals surface area contributed by atoms with Crippen molar-refractivity contribution in [3.05, 3.63) is 28.8 Å². The number of esters is 1. The van der Waals surface area contributed by atoms with Gasteiger partial charge in [0.15, 0.2) is 22.3 Å². The average molecular weight is 380 g/mol. The number of benzene rings is 1. The maximum absolute atomic E-state index is 12.6. The monoisotopic (exact) mass is 380 g/mol. The lowest BCUT2D eigenvalue weighted by atomic mass is 10.1. The van der Waals surface area contributed by atoms with E-state index in [1.165, 1.54) is 25.7 Å². The number of nitrogens with one attached hydrogen (secondary N) is 1. The Balaban J connectivity index is 2.27. The van der Waals surface area contributed by atoms with Gasteiger partial charge in [0, 0.05) is 17.5 Å². The zero-order valence-corrected chi connectivity index (χ0v) is 15.8. The Kier molecular flexibility index (Phi) is 6.79. The Morgan fingerprint density at radius 3 is 2.38 bits per heavy atom. The third-order valence-electron chi connectivity index (χ3n) is 3.24. The van der Waals surface area contributed by atoms with Gasteiger partial charge < -0.3 is 18.9 Å². The summed E-state index contributed by atoms with van der Waals surface area (Å²) in [4.78, 5) is 28.4. The molecule has 9 heteroatoms. The van der Waals surface area contributed by atoms with E-state index in [0.717, 1.165) is 11.3 Å². The topological polar surface area (TPSA) is 96.0 Å². The fourth-order valence-electron chi connectivity index (χ4n) is 2.11. The first-order valence-corrected chi connectivity index (χ1v) is 8.74. The molecule has 0 unspecified atom stereocenters. The van der Waals surface area contributed by atoms with Crippen LogP contribution in [0.15, 0.2) is 17.5 Å². The Morgan fingerprint density at radius 2 is 1.77 bits per heavy atom. The fraction of sp³-hybridized carbons (Fsp3) is 0.353. The summed E-state index contributed by atoms with van der Waals surface area (Å²) in [6, 6.07) is 3.11. The van der Waals surface area contributed by atoms with Crippen LogP contribution < -0.4 is 19.5 Å². The van der Waals surface area contributed by atoms with Crippen LogP contribution in [0.3, 0.4) is 0 Å². The van der Waals surface area contributed by atoms with Gasteiger partial charge in [0.2, 0.25) is 0 Å². The number of thiazole rings is 1. The highest BCUT2D eigenvalue weighted by Crippen LogP contribution is 2.35. The lowest BCUT2D eigenvalue weighted by Gasteiger charge is -2.14. The van der Waals surface area contributed by atoms with E-state index in [-0.39, 0.29) is 23.0 Å². The lowest BCUT2D eigenvalue weighted by Crippen LogP contribution is -2.14. The molecule has 0 atom stereocenters. The van der Waals surface area contributed by atoms with E-state index in [1.807, 2.05) is 6.92 Å². The Hall–Kier alpha value is -2.81. The van der Waals surface area contributed by atoms with Crippen LogP contribution in [-0.4, -0.2) is 44.3 Å². The number of aromatic nitrogens is 1.